The summed E-state index contributed by atoms with van der Waals surface area (Å²) in [4.78, 5) is 24.6. The molecule has 0 aromatic heterocycles. The minimum absolute atomic E-state index is 0.0134. The highest BCUT2D eigenvalue weighted by Crippen LogP contribution is 2.20. The highest BCUT2D eigenvalue weighted by Gasteiger charge is 2.18. The zero-order valence-corrected chi connectivity index (χ0v) is 59.3. The van der Waals surface area contributed by atoms with Crippen LogP contribution in [0.5, 0.6) is 0 Å². The fraction of sp³-hybridized carbons (Fsp3) is 0.926. The van der Waals surface area contributed by atoms with Crippen LogP contribution in [0.4, 0.5) is 0 Å². The van der Waals surface area contributed by atoms with Gasteiger partial charge in [-0.2, -0.15) is 0 Å². The molecule has 87 heavy (non-hydrogen) atoms. The number of unbranched alkanes of at least 4 members (excludes halogenated alkanes) is 63. The van der Waals surface area contributed by atoms with Crippen molar-refractivity contribution in [1.29, 1.82) is 0 Å². The van der Waals surface area contributed by atoms with E-state index in [9.17, 15) is 19.8 Å². The number of amides is 1. The number of rotatable bonds is 76. The summed E-state index contributed by atoms with van der Waals surface area (Å²) in [7, 11) is 0. The number of hydrogen-bond acceptors (Lipinski definition) is 5. The maximum absolute atomic E-state index is 12.5. The SMILES string of the molecule is CCCC/C=C\CCCCCCCC(=O)OCCCCCCCCCCCCCCCCCCCCCCCCCCCCCCCCCCCCCCCCCC(=O)NC(CO)C(O)/C=C/CCCCCCCCCCCCCCCCCCCC. The molecular formula is C81H157NO5. The Balaban J connectivity index is 3.32. The summed E-state index contributed by atoms with van der Waals surface area (Å²) in [5.41, 5.74) is 0. The number of ether oxygens (including phenoxy) is 1. The molecule has 516 valence electrons. The molecule has 0 aliphatic rings. The van der Waals surface area contributed by atoms with E-state index >= 15 is 0 Å². The van der Waals surface area contributed by atoms with Crippen LogP contribution in [-0.2, 0) is 14.3 Å². The Bertz CT molecular complexity index is 1360. The summed E-state index contributed by atoms with van der Waals surface area (Å²) in [5, 5.41) is 23.3. The van der Waals surface area contributed by atoms with Gasteiger partial charge in [-0.25, -0.2) is 0 Å². The fourth-order valence-corrected chi connectivity index (χ4v) is 12.9. The maximum Gasteiger partial charge on any atom is 0.305 e. The number of allylic oxidation sites excluding steroid dienone is 3. The van der Waals surface area contributed by atoms with Gasteiger partial charge in [-0.1, -0.05) is 417 Å². The summed E-state index contributed by atoms with van der Waals surface area (Å²) < 4.78 is 5.48. The first-order valence-electron chi connectivity index (χ1n) is 40.1. The summed E-state index contributed by atoms with van der Waals surface area (Å²) in [6, 6.07) is -0.624. The van der Waals surface area contributed by atoms with Crippen LogP contribution in [0.15, 0.2) is 24.3 Å². The second-order valence-electron chi connectivity index (χ2n) is 27.8. The van der Waals surface area contributed by atoms with Crippen molar-refractivity contribution in [2.75, 3.05) is 13.2 Å². The Morgan fingerprint density at radius 3 is 0.851 bits per heavy atom. The second-order valence-corrected chi connectivity index (χ2v) is 27.8. The molecule has 0 rings (SSSR count). The van der Waals surface area contributed by atoms with Crippen molar-refractivity contribution in [3.05, 3.63) is 24.3 Å². The summed E-state index contributed by atoms with van der Waals surface area (Å²) in [6.45, 7) is 4.92. The van der Waals surface area contributed by atoms with Crippen molar-refractivity contribution in [2.24, 2.45) is 0 Å². The fourth-order valence-electron chi connectivity index (χ4n) is 12.9. The van der Waals surface area contributed by atoms with E-state index in [0.29, 0.717) is 19.4 Å². The average Bonchev–Trinajstić information content (AvgIpc) is 3.53. The quantitative estimate of drug-likeness (QED) is 0.0320. The molecule has 0 bridgehead atoms. The van der Waals surface area contributed by atoms with E-state index in [2.05, 4.69) is 31.3 Å². The first kappa shape index (κ1) is 85.3. The average molecular weight is 1230 g/mol. The summed E-state index contributed by atoms with van der Waals surface area (Å²) in [5.74, 6) is -0.0437. The van der Waals surface area contributed by atoms with Gasteiger partial charge in [0.05, 0.1) is 25.4 Å². The van der Waals surface area contributed by atoms with Crippen LogP contribution in [0, 0.1) is 0 Å². The Kier molecular flexibility index (Phi) is 75.3. The van der Waals surface area contributed by atoms with Gasteiger partial charge in [0.15, 0.2) is 0 Å². The van der Waals surface area contributed by atoms with E-state index in [-0.39, 0.29) is 18.5 Å². The van der Waals surface area contributed by atoms with Gasteiger partial charge >= 0.3 is 5.97 Å². The van der Waals surface area contributed by atoms with Gasteiger partial charge in [-0.05, 0) is 51.4 Å². The number of aliphatic hydroxyl groups is 2. The van der Waals surface area contributed by atoms with Crippen molar-refractivity contribution in [1.82, 2.24) is 5.32 Å². The molecule has 0 saturated carbocycles. The third kappa shape index (κ3) is 73.3. The third-order valence-corrected chi connectivity index (χ3v) is 19.0. The summed E-state index contributed by atoms with van der Waals surface area (Å²) >= 11 is 0. The lowest BCUT2D eigenvalue weighted by Gasteiger charge is -2.20. The van der Waals surface area contributed by atoms with E-state index in [1.165, 1.54) is 385 Å². The predicted octanol–water partition coefficient (Wildman–Crippen LogP) is 26.4. The van der Waals surface area contributed by atoms with E-state index in [1.807, 2.05) is 6.08 Å². The van der Waals surface area contributed by atoms with E-state index < -0.39 is 12.1 Å². The molecule has 0 aliphatic heterocycles. The lowest BCUT2D eigenvalue weighted by molar-refractivity contribution is -0.143. The van der Waals surface area contributed by atoms with Crippen molar-refractivity contribution in [2.45, 2.75) is 469 Å². The molecule has 2 unspecified atom stereocenters. The number of esters is 1. The molecule has 0 aromatic carbocycles. The minimum atomic E-state index is -0.841. The Morgan fingerprint density at radius 2 is 0.552 bits per heavy atom. The molecule has 0 saturated heterocycles. The molecular weight excluding hydrogens is 1070 g/mol. The number of carbonyl (C=O) groups excluding carboxylic acids is 2. The molecule has 0 aromatic rings. The first-order chi connectivity index (χ1) is 43.0. The number of nitrogens with one attached hydrogen (secondary N) is 1. The van der Waals surface area contributed by atoms with E-state index in [4.69, 9.17) is 4.74 Å². The van der Waals surface area contributed by atoms with Crippen LogP contribution < -0.4 is 5.32 Å². The van der Waals surface area contributed by atoms with Crippen LogP contribution in [0.2, 0.25) is 0 Å². The van der Waals surface area contributed by atoms with E-state index in [0.717, 1.165) is 44.9 Å². The maximum atomic E-state index is 12.5. The van der Waals surface area contributed by atoms with Crippen LogP contribution >= 0.6 is 0 Å². The van der Waals surface area contributed by atoms with Crippen LogP contribution in [0.1, 0.15) is 457 Å². The van der Waals surface area contributed by atoms with Crippen LogP contribution in [0.25, 0.3) is 0 Å². The lowest BCUT2D eigenvalue weighted by atomic mass is 10.0. The molecule has 3 N–H and O–H groups in total. The zero-order chi connectivity index (χ0) is 62.8. The molecule has 1 amide bonds. The first-order valence-corrected chi connectivity index (χ1v) is 40.1. The highest BCUT2D eigenvalue weighted by molar-refractivity contribution is 5.76. The largest absolute Gasteiger partial charge is 0.466 e. The van der Waals surface area contributed by atoms with Crippen molar-refractivity contribution < 1.29 is 24.5 Å². The Hall–Kier alpha value is -1.66. The van der Waals surface area contributed by atoms with Crippen molar-refractivity contribution >= 4 is 11.9 Å². The van der Waals surface area contributed by atoms with Crippen molar-refractivity contribution in [3.63, 3.8) is 0 Å². The Labute approximate surface area is 545 Å². The Morgan fingerprint density at radius 1 is 0.310 bits per heavy atom. The number of carbonyl (C=O) groups is 2. The second kappa shape index (κ2) is 76.8. The zero-order valence-electron chi connectivity index (χ0n) is 59.3. The molecule has 0 aliphatic carbocycles. The van der Waals surface area contributed by atoms with E-state index in [1.54, 1.807) is 6.08 Å². The van der Waals surface area contributed by atoms with Gasteiger partial charge in [0.25, 0.3) is 0 Å². The molecule has 0 spiro atoms. The van der Waals surface area contributed by atoms with Crippen molar-refractivity contribution in [3.8, 4) is 0 Å². The van der Waals surface area contributed by atoms with Gasteiger partial charge in [-0.15, -0.1) is 0 Å². The normalized spacial score (nSPS) is 12.6. The monoisotopic (exact) mass is 1220 g/mol. The molecule has 2 atom stereocenters. The standard InChI is InChI=1S/C81H157NO5/c1-3-5-7-9-11-13-15-16-17-18-19-41-44-47-50-54-57-61-65-69-73-79(84)78(77-83)82-80(85)74-70-66-62-58-55-51-48-45-42-39-37-35-33-31-29-27-25-23-21-20-22-24-26-28-30-32-34-36-38-40-43-46-49-52-56-60-64-68-72-76-87-81(86)75-71-67-63-59-53-14-12-10-8-6-4-2/h10,12,69,73,78-79,83-84H,3-9,11,13-68,70-72,74-77H2,1-2H3,(H,82,85)/b12-10-,73-69+. The van der Waals surface area contributed by atoms with Crippen LogP contribution in [-0.4, -0.2) is 47.4 Å². The molecule has 0 heterocycles. The topological polar surface area (TPSA) is 95.9 Å². The van der Waals surface area contributed by atoms with Gasteiger partial charge in [0.1, 0.15) is 0 Å². The van der Waals surface area contributed by atoms with Gasteiger partial charge in [-0.3, -0.25) is 9.59 Å². The van der Waals surface area contributed by atoms with Crippen LogP contribution in [0.3, 0.4) is 0 Å². The van der Waals surface area contributed by atoms with Gasteiger partial charge in [0.2, 0.25) is 5.91 Å². The van der Waals surface area contributed by atoms with Gasteiger partial charge in [0, 0.05) is 12.8 Å². The molecule has 6 nitrogen and oxygen atoms in total. The number of aliphatic hydroxyl groups excluding tert-OH is 2. The smallest absolute Gasteiger partial charge is 0.305 e. The lowest BCUT2D eigenvalue weighted by Crippen LogP contribution is -2.45. The molecule has 0 radical (unpaired) electrons. The highest BCUT2D eigenvalue weighted by atomic mass is 16.5. The van der Waals surface area contributed by atoms with Gasteiger partial charge < -0.3 is 20.3 Å². The predicted molar refractivity (Wildman–Crippen MR) is 384 cm³/mol. The minimum Gasteiger partial charge on any atom is -0.466 e. The molecule has 6 heteroatoms. The third-order valence-electron chi connectivity index (χ3n) is 19.0. The number of hydrogen-bond donors (Lipinski definition) is 3. The summed E-state index contributed by atoms with van der Waals surface area (Å²) in [6.07, 6.45) is 98.9. The molecule has 0 fully saturated rings.